The van der Waals surface area contributed by atoms with E-state index in [9.17, 15) is 14.7 Å². The first-order valence-electron chi connectivity index (χ1n) is 8.06. The van der Waals surface area contributed by atoms with Crippen molar-refractivity contribution in [1.29, 1.82) is 0 Å². The van der Waals surface area contributed by atoms with Crippen LogP contribution in [-0.4, -0.2) is 29.7 Å². The summed E-state index contributed by atoms with van der Waals surface area (Å²) in [5, 5.41) is 19.8. The molecule has 0 aliphatic heterocycles. The Morgan fingerprint density at radius 1 is 1.19 bits per heavy atom. The highest BCUT2D eigenvalue weighted by atomic mass is 32.2. The fraction of sp³-hybridized carbons (Fsp3) is 0.158. The number of anilines is 1. The van der Waals surface area contributed by atoms with E-state index in [1.54, 1.807) is 35.7 Å². The van der Waals surface area contributed by atoms with E-state index in [1.165, 1.54) is 29.4 Å². The van der Waals surface area contributed by atoms with E-state index < -0.39 is 17.4 Å². The molecule has 0 saturated carbocycles. The molecule has 3 rings (SSSR count). The normalized spacial score (nSPS) is 13.0. The lowest BCUT2D eigenvalue weighted by atomic mass is 9.93. The minimum Gasteiger partial charge on any atom is -0.466 e. The molecule has 0 bridgehead atoms. The molecule has 2 amide bonds. The standard InChI is InChI=1S/C19H18N2O4S2/c1-26-15-6-3-2-5-14(15)21-18(23)17(22)20-12-19(24,13-8-10-27-11-13)16-7-4-9-25-16/h2-11,24H,12H2,1H3,(H,20,22)(H,21,23)/t19-/m1/s1. The Morgan fingerprint density at radius 3 is 2.67 bits per heavy atom. The molecule has 6 nitrogen and oxygen atoms in total. The van der Waals surface area contributed by atoms with Crippen molar-refractivity contribution in [1.82, 2.24) is 5.32 Å². The lowest BCUT2D eigenvalue weighted by Crippen LogP contribution is -2.45. The van der Waals surface area contributed by atoms with E-state index in [2.05, 4.69) is 10.6 Å². The summed E-state index contributed by atoms with van der Waals surface area (Å²) in [4.78, 5) is 25.3. The fourth-order valence-corrected chi connectivity index (χ4v) is 3.84. The predicted octanol–water partition coefficient (Wildman–Crippen LogP) is 3.05. The number of rotatable bonds is 6. The number of benzene rings is 1. The molecule has 3 aromatic rings. The minimum atomic E-state index is -1.56. The highest BCUT2D eigenvalue weighted by Gasteiger charge is 2.36. The number of thiophene rings is 1. The second-order valence-corrected chi connectivity index (χ2v) is 7.31. The highest BCUT2D eigenvalue weighted by molar-refractivity contribution is 7.98. The van der Waals surface area contributed by atoms with Crippen LogP contribution in [0.1, 0.15) is 11.3 Å². The van der Waals surface area contributed by atoms with Gasteiger partial charge in [-0.05, 0) is 47.3 Å². The van der Waals surface area contributed by atoms with Gasteiger partial charge in [0.25, 0.3) is 0 Å². The number of furan rings is 1. The van der Waals surface area contributed by atoms with Gasteiger partial charge in [0.2, 0.25) is 0 Å². The predicted molar refractivity (Wildman–Crippen MR) is 106 cm³/mol. The van der Waals surface area contributed by atoms with Crippen LogP contribution < -0.4 is 10.6 Å². The molecule has 1 aromatic carbocycles. The van der Waals surface area contributed by atoms with Gasteiger partial charge in [-0.15, -0.1) is 11.8 Å². The molecule has 2 aromatic heterocycles. The Morgan fingerprint density at radius 2 is 2.00 bits per heavy atom. The third-order valence-electron chi connectivity index (χ3n) is 3.99. The molecule has 3 N–H and O–H groups in total. The van der Waals surface area contributed by atoms with Crippen LogP contribution >= 0.6 is 23.1 Å². The van der Waals surface area contributed by atoms with Crippen molar-refractivity contribution in [2.45, 2.75) is 10.5 Å². The largest absolute Gasteiger partial charge is 0.466 e. The van der Waals surface area contributed by atoms with Gasteiger partial charge in [0.05, 0.1) is 18.5 Å². The van der Waals surface area contributed by atoms with Crippen molar-refractivity contribution in [3.05, 3.63) is 70.8 Å². The molecule has 0 aliphatic rings. The van der Waals surface area contributed by atoms with E-state index in [0.717, 1.165) is 4.90 Å². The van der Waals surface area contributed by atoms with Crippen molar-refractivity contribution >= 4 is 40.6 Å². The second-order valence-electron chi connectivity index (χ2n) is 5.69. The molecule has 0 fully saturated rings. The van der Waals surface area contributed by atoms with Gasteiger partial charge in [-0.1, -0.05) is 12.1 Å². The number of amides is 2. The van der Waals surface area contributed by atoms with Crippen molar-refractivity contribution < 1.29 is 19.1 Å². The third kappa shape index (κ3) is 4.24. The summed E-state index contributed by atoms with van der Waals surface area (Å²) in [6.07, 6.45) is 3.33. The van der Waals surface area contributed by atoms with Gasteiger partial charge in [0.15, 0.2) is 5.60 Å². The summed E-state index contributed by atoms with van der Waals surface area (Å²) >= 11 is 2.88. The van der Waals surface area contributed by atoms with Gasteiger partial charge >= 0.3 is 11.8 Å². The molecule has 1 atom stereocenters. The number of aliphatic hydroxyl groups is 1. The maximum absolute atomic E-state index is 12.3. The Hall–Kier alpha value is -2.55. The topological polar surface area (TPSA) is 91.6 Å². The fourth-order valence-electron chi connectivity index (χ4n) is 2.56. The van der Waals surface area contributed by atoms with Crippen LogP contribution in [0.25, 0.3) is 0 Å². The van der Waals surface area contributed by atoms with Crippen LogP contribution in [0.3, 0.4) is 0 Å². The minimum absolute atomic E-state index is 0.201. The monoisotopic (exact) mass is 402 g/mol. The number of para-hydroxylation sites is 1. The number of nitrogens with one attached hydrogen (secondary N) is 2. The van der Waals surface area contributed by atoms with Crippen molar-refractivity contribution in [2.24, 2.45) is 0 Å². The molecule has 0 aliphatic carbocycles. The number of carbonyl (C=O) groups is 2. The number of hydrogen-bond acceptors (Lipinski definition) is 6. The van der Waals surface area contributed by atoms with Crippen molar-refractivity contribution in [3.63, 3.8) is 0 Å². The van der Waals surface area contributed by atoms with Gasteiger partial charge in [-0.2, -0.15) is 11.3 Å². The number of thioether (sulfide) groups is 1. The summed E-state index contributed by atoms with van der Waals surface area (Å²) in [5.74, 6) is -1.36. The van der Waals surface area contributed by atoms with Gasteiger partial charge in [0.1, 0.15) is 5.76 Å². The lowest BCUT2D eigenvalue weighted by Gasteiger charge is -2.25. The maximum Gasteiger partial charge on any atom is 0.313 e. The summed E-state index contributed by atoms with van der Waals surface area (Å²) < 4.78 is 5.34. The van der Waals surface area contributed by atoms with Crippen LogP contribution in [0.15, 0.2) is 68.8 Å². The van der Waals surface area contributed by atoms with Crippen molar-refractivity contribution in [2.75, 3.05) is 18.1 Å². The Kier molecular flexibility index (Phi) is 6.00. The van der Waals surface area contributed by atoms with Gasteiger partial charge < -0.3 is 20.2 Å². The Labute approximate surface area is 164 Å². The molecule has 27 heavy (non-hydrogen) atoms. The van der Waals surface area contributed by atoms with E-state index in [1.807, 2.05) is 23.8 Å². The summed E-state index contributed by atoms with van der Waals surface area (Å²) in [6.45, 7) is -0.201. The molecular formula is C19H18N2O4S2. The first kappa shape index (κ1) is 19.2. The molecule has 140 valence electrons. The molecule has 0 unspecified atom stereocenters. The average molecular weight is 402 g/mol. The van der Waals surface area contributed by atoms with Crippen molar-refractivity contribution in [3.8, 4) is 0 Å². The van der Waals surface area contributed by atoms with Gasteiger partial charge in [-0.25, -0.2) is 0 Å². The summed E-state index contributed by atoms with van der Waals surface area (Å²) in [6, 6.07) is 12.2. The second kappa shape index (κ2) is 8.43. The zero-order chi connectivity index (χ0) is 19.3. The highest BCUT2D eigenvalue weighted by Crippen LogP contribution is 2.31. The number of carbonyl (C=O) groups excluding carboxylic acids is 2. The zero-order valence-corrected chi connectivity index (χ0v) is 16.1. The van der Waals surface area contributed by atoms with E-state index in [-0.39, 0.29) is 12.3 Å². The first-order chi connectivity index (χ1) is 13.0. The van der Waals surface area contributed by atoms with Gasteiger partial charge in [0, 0.05) is 10.5 Å². The SMILES string of the molecule is CSc1ccccc1NC(=O)C(=O)NC[C@@](O)(c1ccsc1)c1ccco1. The molecule has 8 heteroatoms. The maximum atomic E-state index is 12.3. The average Bonchev–Trinajstić information content (AvgIpc) is 3.40. The summed E-state index contributed by atoms with van der Waals surface area (Å²) in [7, 11) is 0. The molecule has 0 spiro atoms. The molecule has 2 heterocycles. The molecular weight excluding hydrogens is 384 g/mol. The van der Waals surface area contributed by atoms with Gasteiger partial charge in [-0.3, -0.25) is 9.59 Å². The third-order valence-corrected chi connectivity index (χ3v) is 5.47. The van der Waals surface area contributed by atoms with Crippen LogP contribution in [-0.2, 0) is 15.2 Å². The quantitative estimate of drug-likeness (QED) is 0.435. The van der Waals surface area contributed by atoms with Crippen LogP contribution in [0.2, 0.25) is 0 Å². The molecule has 0 saturated heterocycles. The Bertz CT molecular complexity index is 873. The smallest absolute Gasteiger partial charge is 0.313 e. The molecule has 0 radical (unpaired) electrons. The van der Waals surface area contributed by atoms with Crippen LogP contribution in [0.4, 0.5) is 5.69 Å². The summed E-state index contributed by atoms with van der Waals surface area (Å²) in [5.41, 5.74) is -0.420. The van der Waals surface area contributed by atoms with Crippen LogP contribution in [0.5, 0.6) is 0 Å². The van der Waals surface area contributed by atoms with E-state index in [4.69, 9.17) is 4.42 Å². The van der Waals surface area contributed by atoms with Crippen LogP contribution in [0, 0.1) is 0 Å². The lowest BCUT2D eigenvalue weighted by molar-refractivity contribution is -0.136. The van der Waals surface area contributed by atoms with E-state index in [0.29, 0.717) is 11.3 Å². The van der Waals surface area contributed by atoms with E-state index >= 15 is 0 Å². The Balaban J connectivity index is 1.70. The number of hydrogen-bond donors (Lipinski definition) is 3. The zero-order valence-electron chi connectivity index (χ0n) is 14.5. The first-order valence-corrected chi connectivity index (χ1v) is 10.2.